The van der Waals surface area contributed by atoms with Crippen LogP contribution >= 0.6 is 0 Å². The van der Waals surface area contributed by atoms with E-state index in [2.05, 4.69) is 0 Å². The van der Waals surface area contributed by atoms with Crippen LogP contribution in [0.5, 0.6) is 0 Å². The van der Waals surface area contributed by atoms with Crippen molar-refractivity contribution in [2.75, 3.05) is 20.3 Å². The molecule has 2 aliphatic heterocycles. The van der Waals surface area contributed by atoms with Crippen LogP contribution in [0.2, 0.25) is 0 Å². The third-order valence-corrected chi connectivity index (χ3v) is 4.49. The number of fused-ring (bicyclic) bond motifs is 2. The zero-order valence-electron chi connectivity index (χ0n) is 11.2. The molecule has 0 aromatic rings. The molecule has 0 aromatic carbocycles. The van der Waals surface area contributed by atoms with Crippen LogP contribution in [-0.2, 0) is 18.9 Å². The predicted molar refractivity (Wildman–Crippen MR) is 66.3 cm³/mol. The maximum atomic E-state index is 6.05. The minimum Gasteiger partial charge on any atom is -0.379 e. The first kappa shape index (κ1) is 12.9. The molecule has 0 amide bonds. The second-order valence-electron chi connectivity index (χ2n) is 5.76. The molecule has 0 aromatic heterocycles. The van der Waals surface area contributed by atoms with E-state index in [-0.39, 0.29) is 24.6 Å². The van der Waals surface area contributed by atoms with E-state index in [1.165, 1.54) is 32.1 Å². The van der Waals surface area contributed by atoms with E-state index in [4.69, 9.17) is 18.9 Å². The molecule has 3 aliphatic rings. The van der Waals surface area contributed by atoms with Crippen molar-refractivity contribution < 1.29 is 18.9 Å². The first-order chi connectivity index (χ1) is 8.86. The molecule has 0 radical (unpaired) electrons. The first-order valence-corrected chi connectivity index (χ1v) is 7.28. The van der Waals surface area contributed by atoms with Gasteiger partial charge in [0.15, 0.2) is 6.29 Å². The van der Waals surface area contributed by atoms with E-state index in [0.717, 1.165) is 18.9 Å². The lowest BCUT2D eigenvalue weighted by Gasteiger charge is -2.34. The minimum absolute atomic E-state index is 0.0515. The van der Waals surface area contributed by atoms with Crippen molar-refractivity contribution in [2.24, 2.45) is 5.92 Å². The van der Waals surface area contributed by atoms with Crippen LogP contribution in [0, 0.1) is 5.92 Å². The van der Waals surface area contributed by atoms with Gasteiger partial charge in [-0.1, -0.05) is 19.3 Å². The van der Waals surface area contributed by atoms with E-state index >= 15 is 0 Å². The summed E-state index contributed by atoms with van der Waals surface area (Å²) in [6, 6.07) is 0. The van der Waals surface area contributed by atoms with Crippen LogP contribution in [0.3, 0.4) is 0 Å². The van der Waals surface area contributed by atoms with Crippen molar-refractivity contribution in [3.8, 4) is 0 Å². The second kappa shape index (κ2) is 5.87. The van der Waals surface area contributed by atoms with Gasteiger partial charge in [-0.25, -0.2) is 0 Å². The van der Waals surface area contributed by atoms with Gasteiger partial charge >= 0.3 is 0 Å². The third kappa shape index (κ3) is 2.72. The second-order valence-corrected chi connectivity index (χ2v) is 5.76. The van der Waals surface area contributed by atoms with Crippen LogP contribution in [0.1, 0.15) is 38.5 Å². The Morgan fingerprint density at radius 3 is 2.72 bits per heavy atom. The molecule has 4 nitrogen and oxygen atoms in total. The summed E-state index contributed by atoms with van der Waals surface area (Å²) >= 11 is 0. The molecule has 3 fully saturated rings. The van der Waals surface area contributed by atoms with Gasteiger partial charge in [0.25, 0.3) is 0 Å². The van der Waals surface area contributed by atoms with Crippen LogP contribution in [0.25, 0.3) is 0 Å². The lowest BCUT2D eigenvalue weighted by molar-refractivity contribution is -0.205. The first-order valence-electron chi connectivity index (χ1n) is 7.28. The summed E-state index contributed by atoms with van der Waals surface area (Å²) in [5, 5.41) is 0. The highest BCUT2D eigenvalue weighted by Crippen LogP contribution is 2.32. The molecule has 0 N–H and O–H groups in total. The standard InChI is InChI=1S/C14H24O4/c1-15-11-7-12(14-17-9-13(11)18-14)16-8-10-5-3-2-4-6-10/h10-14H,2-9H2,1H3/t11-,12+,13+,14+/m0/s1. The van der Waals surface area contributed by atoms with E-state index in [9.17, 15) is 0 Å². The van der Waals surface area contributed by atoms with Crippen molar-refractivity contribution in [3.05, 3.63) is 0 Å². The van der Waals surface area contributed by atoms with Gasteiger partial charge < -0.3 is 18.9 Å². The Morgan fingerprint density at radius 2 is 1.94 bits per heavy atom. The molecule has 18 heavy (non-hydrogen) atoms. The van der Waals surface area contributed by atoms with Crippen LogP contribution in [-0.4, -0.2) is 44.9 Å². The molecule has 1 saturated carbocycles. The average Bonchev–Trinajstić information content (AvgIpc) is 2.84. The van der Waals surface area contributed by atoms with Crippen LogP contribution in [0.4, 0.5) is 0 Å². The highest BCUT2D eigenvalue weighted by Gasteiger charge is 2.44. The van der Waals surface area contributed by atoms with Crippen molar-refractivity contribution in [1.29, 1.82) is 0 Å². The summed E-state index contributed by atoms with van der Waals surface area (Å²) in [4.78, 5) is 0. The van der Waals surface area contributed by atoms with E-state index < -0.39 is 0 Å². The maximum absolute atomic E-state index is 6.05. The lowest BCUT2D eigenvalue weighted by Crippen LogP contribution is -2.44. The highest BCUT2D eigenvalue weighted by atomic mass is 16.7. The SMILES string of the molecule is CO[C@H]1C[C@@H](OCC2CCCCC2)[C@@H]2OC[C@H]1O2. The van der Waals surface area contributed by atoms with Gasteiger partial charge in [-0.15, -0.1) is 0 Å². The Hall–Kier alpha value is -0.160. The van der Waals surface area contributed by atoms with Gasteiger partial charge in [-0.05, 0) is 18.8 Å². The zero-order chi connectivity index (χ0) is 12.4. The van der Waals surface area contributed by atoms with Gasteiger partial charge in [-0.2, -0.15) is 0 Å². The number of hydrogen-bond donors (Lipinski definition) is 0. The number of rotatable bonds is 4. The lowest BCUT2D eigenvalue weighted by atomic mass is 9.90. The molecule has 104 valence electrons. The smallest absolute Gasteiger partial charge is 0.184 e. The van der Waals surface area contributed by atoms with Gasteiger partial charge in [0, 0.05) is 13.5 Å². The maximum Gasteiger partial charge on any atom is 0.184 e. The Morgan fingerprint density at radius 1 is 1.11 bits per heavy atom. The Labute approximate surface area is 109 Å². The Balaban J connectivity index is 1.49. The highest BCUT2D eigenvalue weighted by molar-refractivity contribution is 4.87. The quantitative estimate of drug-likeness (QED) is 0.772. The molecule has 0 spiro atoms. The van der Waals surface area contributed by atoms with Crippen molar-refractivity contribution in [2.45, 2.75) is 63.1 Å². The predicted octanol–water partition coefficient (Wildman–Crippen LogP) is 2.11. The Kier molecular flexibility index (Phi) is 4.19. The van der Waals surface area contributed by atoms with Gasteiger partial charge in [0.2, 0.25) is 0 Å². The van der Waals surface area contributed by atoms with E-state index in [1.54, 1.807) is 7.11 Å². The summed E-state index contributed by atoms with van der Waals surface area (Å²) in [6.07, 6.45) is 7.76. The molecule has 1 aliphatic carbocycles. The number of methoxy groups -OCH3 is 1. The molecule has 0 unspecified atom stereocenters. The van der Waals surface area contributed by atoms with Gasteiger partial charge in [0.1, 0.15) is 12.2 Å². The topological polar surface area (TPSA) is 36.9 Å². The normalized spacial score (nSPS) is 41.2. The summed E-state index contributed by atoms with van der Waals surface area (Å²) in [7, 11) is 1.74. The summed E-state index contributed by atoms with van der Waals surface area (Å²) in [5.41, 5.74) is 0. The number of hydrogen-bond acceptors (Lipinski definition) is 4. The van der Waals surface area contributed by atoms with Crippen molar-refractivity contribution >= 4 is 0 Å². The van der Waals surface area contributed by atoms with Gasteiger partial charge in [-0.3, -0.25) is 0 Å². The van der Waals surface area contributed by atoms with E-state index in [1.807, 2.05) is 0 Å². The minimum atomic E-state index is -0.162. The summed E-state index contributed by atoms with van der Waals surface area (Å²) < 4.78 is 22.9. The molecule has 3 rings (SSSR count). The summed E-state index contributed by atoms with van der Waals surface area (Å²) in [6.45, 7) is 1.50. The van der Waals surface area contributed by atoms with Crippen LogP contribution in [0.15, 0.2) is 0 Å². The van der Waals surface area contributed by atoms with E-state index in [0.29, 0.717) is 6.61 Å². The number of ether oxygens (including phenoxy) is 4. The molecule has 2 bridgehead atoms. The van der Waals surface area contributed by atoms with Crippen molar-refractivity contribution in [3.63, 3.8) is 0 Å². The fourth-order valence-electron chi connectivity index (χ4n) is 3.33. The van der Waals surface area contributed by atoms with Gasteiger partial charge in [0.05, 0.1) is 19.3 Å². The zero-order valence-corrected chi connectivity index (χ0v) is 11.2. The monoisotopic (exact) mass is 256 g/mol. The molecular weight excluding hydrogens is 232 g/mol. The third-order valence-electron chi connectivity index (χ3n) is 4.49. The van der Waals surface area contributed by atoms with Crippen molar-refractivity contribution in [1.82, 2.24) is 0 Å². The Bertz CT molecular complexity index is 265. The largest absolute Gasteiger partial charge is 0.379 e. The average molecular weight is 256 g/mol. The fourth-order valence-corrected chi connectivity index (χ4v) is 3.33. The van der Waals surface area contributed by atoms with Crippen LogP contribution < -0.4 is 0 Å². The fraction of sp³-hybridized carbons (Fsp3) is 1.00. The summed E-state index contributed by atoms with van der Waals surface area (Å²) in [5.74, 6) is 0.735. The molecule has 2 saturated heterocycles. The molecule has 4 heteroatoms. The molecule has 4 atom stereocenters. The molecule has 2 heterocycles. The molecular formula is C14H24O4.